The largest absolute Gasteiger partial charge is 0.468 e. The molecular formula is C22H20F3N5O4. The minimum Gasteiger partial charge on any atom is -0.468 e. The van der Waals surface area contributed by atoms with Gasteiger partial charge in [0.1, 0.15) is 11.6 Å². The van der Waals surface area contributed by atoms with Crippen molar-refractivity contribution in [1.82, 2.24) is 20.0 Å². The normalized spacial score (nSPS) is 14.1. The molecule has 0 aromatic carbocycles. The summed E-state index contributed by atoms with van der Waals surface area (Å²) in [6.07, 6.45) is -0.243. The van der Waals surface area contributed by atoms with E-state index in [2.05, 4.69) is 20.4 Å². The van der Waals surface area contributed by atoms with Crippen molar-refractivity contribution in [3.05, 3.63) is 64.8 Å². The SMILES string of the molecule is Cc1cc(C(C)N2Cc3c(ccnc3NC(=O)Cc3ccno3)C2=O)cnc1OCC(F)(F)F. The molecule has 1 aliphatic rings. The number of halogens is 3. The Morgan fingerprint density at radius 2 is 2.09 bits per heavy atom. The smallest absolute Gasteiger partial charge is 0.422 e. The van der Waals surface area contributed by atoms with Crippen LogP contribution in [0, 0.1) is 6.92 Å². The molecule has 0 fully saturated rings. The van der Waals surface area contributed by atoms with Gasteiger partial charge < -0.3 is 19.5 Å². The number of hydrogen-bond acceptors (Lipinski definition) is 7. The number of hydrogen-bond donors (Lipinski definition) is 1. The van der Waals surface area contributed by atoms with Crippen molar-refractivity contribution in [3.63, 3.8) is 0 Å². The van der Waals surface area contributed by atoms with Crippen LogP contribution in [0.15, 0.2) is 41.3 Å². The summed E-state index contributed by atoms with van der Waals surface area (Å²) >= 11 is 0. The summed E-state index contributed by atoms with van der Waals surface area (Å²) in [6, 6.07) is 4.34. The molecule has 1 N–H and O–H groups in total. The highest BCUT2D eigenvalue weighted by atomic mass is 19.4. The van der Waals surface area contributed by atoms with Gasteiger partial charge in [-0.15, -0.1) is 0 Å². The highest BCUT2D eigenvalue weighted by Gasteiger charge is 2.34. The first kappa shape index (κ1) is 23.2. The van der Waals surface area contributed by atoms with Gasteiger partial charge >= 0.3 is 6.18 Å². The zero-order chi connectivity index (χ0) is 24.5. The van der Waals surface area contributed by atoms with Crippen LogP contribution in [0.25, 0.3) is 0 Å². The molecule has 3 aromatic rings. The molecule has 4 heterocycles. The number of carbonyl (C=O) groups excluding carboxylic acids is 2. The second kappa shape index (κ2) is 9.12. The van der Waals surface area contributed by atoms with E-state index in [0.29, 0.717) is 28.0 Å². The molecule has 1 atom stereocenters. The maximum absolute atomic E-state index is 13.1. The molecule has 0 saturated carbocycles. The van der Waals surface area contributed by atoms with Crippen LogP contribution in [-0.4, -0.2) is 44.6 Å². The van der Waals surface area contributed by atoms with Crippen molar-refractivity contribution in [2.24, 2.45) is 0 Å². The van der Waals surface area contributed by atoms with Crippen LogP contribution in [-0.2, 0) is 17.8 Å². The summed E-state index contributed by atoms with van der Waals surface area (Å²) in [4.78, 5) is 35.2. The average molecular weight is 475 g/mol. The van der Waals surface area contributed by atoms with E-state index in [9.17, 15) is 22.8 Å². The van der Waals surface area contributed by atoms with Crippen LogP contribution in [0.5, 0.6) is 5.88 Å². The highest BCUT2D eigenvalue weighted by Crippen LogP contribution is 2.34. The Labute approximate surface area is 191 Å². The fraction of sp³-hybridized carbons (Fsp3) is 0.318. The van der Waals surface area contributed by atoms with Crippen LogP contribution >= 0.6 is 0 Å². The molecule has 34 heavy (non-hydrogen) atoms. The third-order valence-electron chi connectivity index (χ3n) is 5.33. The van der Waals surface area contributed by atoms with Crippen molar-refractivity contribution in [3.8, 4) is 5.88 Å². The summed E-state index contributed by atoms with van der Waals surface area (Å²) in [6.45, 7) is 2.12. The van der Waals surface area contributed by atoms with Gasteiger partial charge in [-0.2, -0.15) is 13.2 Å². The van der Waals surface area contributed by atoms with Gasteiger partial charge in [0.05, 0.1) is 25.2 Å². The zero-order valence-electron chi connectivity index (χ0n) is 18.2. The second-order valence-corrected chi connectivity index (χ2v) is 7.79. The number of carbonyl (C=O) groups is 2. The number of aryl methyl sites for hydroxylation is 1. The number of fused-ring (bicyclic) bond motifs is 1. The molecule has 0 radical (unpaired) electrons. The highest BCUT2D eigenvalue weighted by molar-refractivity contribution is 6.01. The molecule has 4 rings (SSSR count). The topological polar surface area (TPSA) is 110 Å². The van der Waals surface area contributed by atoms with E-state index in [1.54, 1.807) is 36.9 Å². The molecule has 3 aromatic heterocycles. The molecule has 2 amide bonds. The van der Waals surface area contributed by atoms with E-state index in [0.717, 1.165) is 0 Å². The predicted octanol–water partition coefficient (Wildman–Crippen LogP) is 3.61. The third-order valence-corrected chi connectivity index (χ3v) is 5.33. The number of alkyl halides is 3. The van der Waals surface area contributed by atoms with E-state index in [-0.39, 0.29) is 36.5 Å². The Morgan fingerprint density at radius 1 is 1.29 bits per heavy atom. The number of rotatable bonds is 7. The molecular weight excluding hydrogens is 455 g/mol. The Bertz CT molecular complexity index is 1210. The average Bonchev–Trinajstić information content (AvgIpc) is 3.40. The minimum atomic E-state index is -4.47. The first-order valence-corrected chi connectivity index (χ1v) is 10.3. The van der Waals surface area contributed by atoms with E-state index in [4.69, 9.17) is 9.26 Å². The number of amides is 2. The lowest BCUT2D eigenvalue weighted by molar-refractivity contribution is -0.154. The quantitative estimate of drug-likeness (QED) is 0.556. The first-order chi connectivity index (χ1) is 16.1. The third kappa shape index (κ3) is 5.00. The fourth-order valence-electron chi connectivity index (χ4n) is 3.63. The Kier molecular flexibility index (Phi) is 6.22. The summed E-state index contributed by atoms with van der Waals surface area (Å²) < 4.78 is 47.0. The van der Waals surface area contributed by atoms with Crippen molar-refractivity contribution >= 4 is 17.6 Å². The standard InChI is InChI=1S/C22H20F3N5O4/c1-12-7-14(9-27-20(12)33-11-22(23,24)25)13(2)30-10-17-16(21(30)32)4-5-26-19(17)29-18(31)8-15-3-6-28-34-15/h3-7,9,13H,8,10-11H2,1-2H3,(H,26,29,31). The van der Waals surface area contributed by atoms with Crippen molar-refractivity contribution < 1.29 is 32.0 Å². The number of nitrogens with zero attached hydrogens (tertiary/aromatic N) is 4. The summed E-state index contributed by atoms with van der Waals surface area (Å²) in [7, 11) is 0. The zero-order valence-corrected chi connectivity index (χ0v) is 18.2. The Balaban J connectivity index is 1.49. The molecule has 1 aliphatic heterocycles. The fourth-order valence-corrected chi connectivity index (χ4v) is 3.63. The lowest BCUT2D eigenvalue weighted by Gasteiger charge is -2.25. The summed E-state index contributed by atoms with van der Waals surface area (Å²) in [5.41, 5.74) is 2.02. The summed E-state index contributed by atoms with van der Waals surface area (Å²) in [5, 5.41) is 6.26. The molecule has 12 heteroatoms. The molecule has 0 aliphatic carbocycles. The molecule has 0 bridgehead atoms. The molecule has 0 spiro atoms. The van der Waals surface area contributed by atoms with Crippen LogP contribution in [0.2, 0.25) is 0 Å². The van der Waals surface area contributed by atoms with Crippen molar-refractivity contribution in [2.45, 2.75) is 39.0 Å². The number of nitrogens with one attached hydrogen (secondary N) is 1. The van der Waals surface area contributed by atoms with Gasteiger partial charge in [0, 0.05) is 35.2 Å². The van der Waals surface area contributed by atoms with Gasteiger partial charge in [0.15, 0.2) is 6.61 Å². The van der Waals surface area contributed by atoms with Crippen molar-refractivity contribution in [1.29, 1.82) is 0 Å². The van der Waals surface area contributed by atoms with Gasteiger partial charge in [-0.05, 0) is 31.5 Å². The van der Waals surface area contributed by atoms with E-state index >= 15 is 0 Å². The predicted molar refractivity (Wildman–Crippen MR) is 112 cm³/mol. The molecule has 0 saturated heterocycles. The molecule has 178 valence electrons. The number of ether oxygens (including phenoxy) is 1. The number of anilines is 1. The van der Waals surface area contributed by atoms with Gasteiger partial charge in [-0.3, -0.25) is 9.59 Å². The second-order valence-electron chi connectivity index (χ2n) is 7.79. The molecule has 9 nitrogen and oxygen atoms in total. The monoisotopic (exact) mass is 475 g/mol. The maximum Gasteiger partial charge on any atom is 0.422 e. The van der Waals surface area contributed by atoms with Crippen LogP contribution in [0.1, 0.15) is 45.8 Å². The lowest BCUT2D eigenvalue weighted by Crippen LogP contribution is -2.27. The summed E-state index contributed by atoms with van der Waals surface area (Å²) in [5.74, 6) is -0.0842. The van der Waals surface area contributed by atoms with Gasteiger partial charge in [-0.1, -0.05) is 5.16 Å². The van der Waals surface area contributed by atoms with Crippen molar-refractivity contribution in [2.75, 3.05) is 11.9 Å². The lowest BCUT2D eigenvalue weighted by atomic mass is 10.1. The maximum atomic E-state index is 13.1. The Hall–Kier alpha value is -3.96. The van der Waals surface area contributed by atoms with E-state index in [1.165, 1.54) is 18.6 Å². The van der Waals surface area contributed by atoms with Crippen LogP contribution in [0.4, 0.5) is 19.0 Å². The molecule has 1 unspecified atom stereocenters. The van der Waals surface area contributed by atoms with Gasteiger partial charge in [-0.25, -0.2) is 9.97 Å². The van der Waals surface area contributed by atoms with Gasteiger partial charge in [0.25, 0.3) is 5.91 Å². The Morgan fingerprint density at radius 3 is 2.76 bits per heavy atom. The van der Waals surface area contributed by atoms with Crippen LogP contribution in [0.3, 0.4) is 0 Å². The van der Waals surface area contributed by atoms with Gasteiger partial charge in [0.2, 0.25) is 11.8 Å². The number of pyridine rings is 2. The van der Waals surface area contributed by atoms with E-state index in [1.807, 2.05) is 0 Å². The van der Waals surface area contributed by atoms with E-state index < -0.39 is 18.8 Å². The number of aromatic nitrogens is 3. The van der Waals surface area contributed by atoms with Crippen LogP contribution < -0.4 is 10.1 Å². The first-order valence-electron chi connectivity index (χ1n) is 10.3. The minimum absolute atomic E-state index is 0.0346.